The third-order valence-corrected chi connectivity index (χ3v) is 3.86. The van der Waals surface area contributed by atoms with E-state index in [1.54, 1.807) is 5.51 Å². The first-order chi connectivity index (χ1) is 7.18. The van der Waals surface area contributed by atoms with Crippen LogP contribution in [0.2, 0.25) is 0 Å². The molecule has 0 saturated carbocycles. The second-order valence-electron chi connectivity index (χ2n) is 3.76. The number of rotatable bonds is 1. The molecule has 1 unspecified atom stereocenters. The minimum absolute atomic E-state index is 0.0837. The van der Waals surface area contributed by atoms with Crippen molar-refractivity contribution in [1.29, 1.82) is 0 Å². The molecule has 0 bridgehead atoms. The van der Waals surface area contributed by atoms with Gasteiger partial charge in [-0.25, -0.2) is 4.98 Å². The fraction of sp³-hybridized carbons (Fsp3) is 0.600. The van der Waals surface area contributed by atoms with Gasteiger partial charge in [-0.05, 0) is 19.8 Å². The van der Waals surface area contributed by atoms with Crippen LogP contribution < -0.4 is 0 Å². The summed E-state index contributed by atoms with van der Waals surface area (Å²) in [5.74, 6) is 0.0837. The Labute approximate surface area is 98.1 Å². The largest absolute Gasteiger partial charge is 0.336 e. The summed E-state index contributed by atoms with van der Waals surface area (Å²) in [4.78, 5) is 18.7. The minimum atomic E-state index is 0.0837. The highest BCUT2D eigenvalue weighted by atomic mass is 35.5. The van der Waals surface area contributed by atoms with Gasteiger partial charge in [0.05, 0.1) is 16.6 Å². The van der Waals surface area contributed by atoms with Crippen molar-refractivity contribution in [3.63, 3.8) is 0 Å². The maximum Gasteiger partial charge on any atom is 0.265 e. The number of hydrogen-bond donors (Lipinski definition) is 0. The van der Waals surface area contributed by atoms with Gasteiger partial charge in [0.15, 0.2) is 0 Å². The first-order valence-electron chi connectivity index (χ1n) is 5.02. The Balaban J connectivity index is 2.11. The Morgan fingerprint density at radius 2 is 2.53 bits per heavy atom. The van der Waals surface area contributed by atoms with Crippen molar-refractivity contribution in [1.82, 2.24) is 9.88 Å². The molecule has 3 nitrogen and oxygen atoms in total. The van der Waals surface area contributed by atoms with Gasteiger partial charge in [-0.15, -0.1) is 22.9 Å². The number of likely N-dealkylation sites (tertiary alicyclic amines) is 1. The van der Waals surface area contributed by atoms with E-state index in [1.165, 1.54) is 11.3 Å². The van der Waals surface area contributed by atoms with Crippen LogP contribution in [0.25, 0.3) is 0 Å². The summed E-state index contributed by atoms with van der Waals surface area (Å²) < 4.78 is 0. The number of alkyl halides is 1. The molecule has 0 aliphatic carbocycles. The number of nitrogens with zero attached hydrogens (tertiary/aromatic N) is 2. The lowest BCUT2D eigenvalue weighted by Gasteiger charge is -2.29. The summed E-state index contributed by atoms with van der Waals surface area (Å²) in [6.07, 6.45) is 2.00. The number of halogens is 1. The molecule has 1 atom stereocenters. The lowest BCUT2D eigenvalue weighted by Crippen LogP contribution is -2.40. The fourth-order valence-corrected chi connectivity index (χ4v) is 2.85. The average molecular weight is 245 g/mol. The van der Waals surface area contributed by atoms with Gasteiger partial charge in [0.1, 0.15) is 4.88 Å². The van der Waals surface area contributed by atoms with Gasteiger partial charge in [-0.2, -0.15) is 0 Å². The molecule has 2 rings (SSSR count). The number of thiazole rings is 1. The lowest BCUT2D eigenvalue weighted by molar-refractivity contribution is 0.0731. The van der Waals surface area contributed by atoms with Gasteiger partial charge in [0, 0.05) is 13.1 Å². The first kappa shape index (κ1) is 10.9. The van der Waals surface area contributed by atoms with Gasteiger partial charge in [0.2, 0.25) is 0 Å². The highest BCUT2D eigenvalue weighted by Gasteiger charge is 2.24. The van der Waals surface area contributed by atoms with Crippen LogP contribution in [0.5, 0.6) is 0 Å². The number of aryl methyl sites for hydroxylation is 1. The summed E-state index contributed by atoms with van der Waals surface area (Å²) in [6, 6.07) is 0. The molecule has 0 spiro atoms. The molecule has 1 aromatic rings. The monoisotopic (exact) mass is 244 g/mol. The Morgan fingerprint density at radius 1 is 1.73 bits per heavy atom. The zero-order valence-electron chi connectivity index (χ0n) is 8.57. The fourth-order valence-electron chi connectivity index (χ4n) is 1.76. The molecule has 1 aliphatic heterocycles. The number of carbonyl (C=O) groups is 1. The quantitative estimate of drug-likeness (QED) is 0.711. The van der Waals surface area contributed by atoms with Crippen LogP contribution in [-0.2, 0) is 0 Å². The van der Waals surface area contributed by atoms with Crippen LogP contribution in [0.1, 0.15) is 28.2 Å². The molecular formula is C10H13ClN2OS. The second-order valence-corrected chi connectivity index (χ2v) is 5.23. The number of carbonyl (C=O) groups excluding carboxylic acids is 1. The zero-order valence-corrected chi connectivity index (χ0v) is 10.1. The molecule has 82 valence electrons. The van der Waals surface area contributed by atoms with Crippen molar-refractivity contribution in [2.45, 2.75) is 25.1 Å². The lowest BCUT2D eigenvalue weighted by atomic mass is 10.1. The molecule has 0 N–H and O–H groups in total. The van der Waals surface area contributed by atoms with Crippen LogP contribution in [0.4, 0.5) is 0 Å². The van der Waals surface area contributed by atoms with Gasteiger partial charge in [-0.1, -0.05) is 0 Å². The van der Waals surface area contributed by atoms with Crippen molar-refractivity contribution in [3.8, 4) is 0 Å². The minimum Gasteiger partial charge on any atom is -0.336 e. The topological polar surface area (TPSA) is 33.2 Å². The molecule has 5 heteroatoms. The maximum atomic E-state index is 12.1. The number of aromatic nitrogens is 1. The zero-order chi connectivity index (χ0) is 10.8. The summed E-state index contributed by atoms with van der Waals surface area (Å²) in [5.41, 5.74) is 2.53. The molecule has 1 amide bonds. The number of amides is 1. The van der Waals surface area contributed by atoms with E-state index in [1.807, 2.05) is 11.8 Å². The molecule has 15 heavy (non-hydrogen) atoms. The van der Waals surface area contributed by atoms with Gasteiger partial charge in [0.25, 0.3) is 5.91 Å². The van der Waals surface area contributed by atoms with Crippen molar-refractivity contribution in [3.05, 3.63) is 16.1 Å². The molecular weight excluding hydrogens is 232 g/mol. The predicted molar refractivity (Wildman–Crippen MR) is 61.6 cm³/mol. The summed E-state index contributed by atoms with van der Waals surface area (Å²) in [6.45, 7) is 3.35. The van der Waals surface area contributed by atoms with Crippen LogP contribution in [0.15, 0.2) is 5.51 Å². The van der Waals surface area contributed by atoms with Gasteiger partial charge >= 0.3 is 0 Å². The molecule has 0 aromatic carbocycles. The van der Waals surface area contributed by atoms with Crippen molar-refractivity contribution < 1.29 is 4.79 Å². The van der Waals surface area contributed by atoms with Gasteiger partial charge in [-0.3, -0.25) is 4.79 Å². The predicted octanol–water partition coefficient (Wildman–Crippen LogP) is 2.29. The van der Waals surface area contributed by atoms with E-state index in [0.29, 0.717) is 6.54 Å². The highest BCUT2D eigenvalue weighted by Crippen LogP contribution is 2.20. The van der Waals surface area contributed by atoms with E-state index in [0.717, 1.165) is 30.0 Å². The Hall–Kier alpha value is -0.610. The van der Waals surface area contributed by atoms with Crippen LogP contribution in [0, 0.1) is 6.92 Å². The molecule has 2 heterocycles. The molecule has 1 fully saturated rings. The van der Waals surface area contributed by atoms with Crippen molar-refractivity contribution in [2.24, 2.45) is 0 Å². The van der Waals surface area contributed by atoms with E-state index in [2.05, 4.69) is 4.98 Å². The van der Waals surface area contributed by atoms with Crippen molar-refractivity contribution >= 4 is 28.8 Å². The van der Waals surface area contributed by atoms with E-state index in [4.69, 9.17) is 11.6 Å². The van der Waals surface area contributed by atoms with E-state index in [9.17, 15) is 4.79 Å². The first-order valence-corrected chi connectivity index (χ1v) is 6.33. The van der Waals surface area contributed by atoms with E-state index in [-0.39, 0.29) is 11.3 Å². The smallest absolute Gasteiger partial charge is 0.265 e. The summed E-state index contributed by atoms with van der Waals surface area (Å²) >= 11 is 7.46. The maximum absolute atomic E-state index is 12.1. The normalized spacial score (nSPS) is 21.7. The molecule has 1 aliphatic rings. The SMILES string of the molecule is Cc1ncsc1C(=O)N1CCCC(Cl)C1. The second kappa shape index (κ2) is 4.49. The van der Waals surface area contributed by atoms with Crippen LogP contribution in [-0.4, -0.2) is 34.3 Å². The Bertz CT molecular complexity index is 366. The number of hydrogen-bond acceptors (Lipinski definition) is 3. The van der Waals surface area contributed by atoms with Crippen LogP contribution in [0.3, 0.4) is 0 Å². The third kappa shape index (κ3) is 2.32. The van der Waals surface area contributed by atoms with Crippen molar-refractivity contribution in [2.75, 3.05) is 13.1 Å². The number of piperidine rings is 1. The van der Waals surface area contributed by atoms with E-state index >= 15 is 0 Å². The van der Waals surface area contributed by atoms with Crippen LogP contribution >= 0.6 is 22.9 Å². The van der Waals surface area contributed by atoms with Gasteiger partial charge < -0.3 is 4.90 Å². The Morgan fingerprint density at radius 3 is 3.13 bits per heavy atom. The highest BCUT2D eigenvalue weighted by molar-refractivity contribution is 7.11. The Kier molecular flexibility index (Phi) is 3.26. The standard InChI is InChI=1S/C10H13ClN2OS/c1-7-9(15-6-12-7)10(14)13-4-2-3-8(11)5-13/h6,8H,2-5H2,1H3. The summed E-state index contributed by atoms with van der Waals surface area (Å²) in [5, 5.41) is 0.107. The molecule has 1 aromatic heterocycles. The molecule has 1 saturated heterocycles. The summed E-state index contributed by atoms with van der Waals surface area (Å²) in [7, 11) is 0. The molecule has 0 radical (unpaired) electrons. The third-order valence-electron chi connectivity index (χ3n) is 2.59. The van der Waals surface area contributed by atoms with E-state index < -0.39 is 0 Å². The average Bonchev–Trinajstić information content (AvgIpc) is 2.63.